The molecular formula is C15H14FN3O3. The van der Waals surface area contributed by atoms with Crippen LogP contribution in [0, 0.1) is 12.7 Å². The van der Waals surface area contributed by atoms with Crippen molar-refractivity contribution >= 4 is 22.7 Å². The summed E-state index contributed by atoms with van der Waals surface area (Å²) in [6, 6.07) is 2.97. The third-order valence-electron chi connectivity index (χ3n) is 3.80. The number of carbonyl (C=O) groups excluding carboxylic acids is 2. The van der Waals surface area contributed by atoms with Crippen LogP contribution in [0.25, 0.3) is 10.9 Å². The van der Waals surface area contributed by atoms with E-state index in [1.54, 1.807) is 6.92 Å². The Kier molecular flexibility index (Phi) is 3.48. The van der Waals surface area contributed by atoms with E-state index < -0.39 is 23.3 Å². The van der Waals surface area contributed by atoms with Gasteiger partial charge in [-0.25, -0.2) is 9.37 Å². The van der Waals surface area contributed by atoms with E-state index in [1.807, 2.05) is 0 Å². The highest BCUT2D eigenvalue weighted by atomic mass is 19.1. The maximum Gasteiger partial charge on any atom is 0.262 e. The van der Waals surface area contributed by atoms with E-state index >= 15 is 0 Å². The number of hydrogen-bond donors (Lipinski definition) is 1. The number of benzene rings is 1. The van der Waals surface area contributed by atoms with Crippen molar-refractivity contribution in [3.05, 3.63) is 40.2 Å². The Morgan fingerprint density at radius 1 is 1.32 bits per heavy atom. The molecule has 1 N–H and O–H groups in total. The topological polar surface area (TPSA) is 81.1 Å². The third-order valence-corrected chi connectivity index (χ3v) is 3.80. The first-order chi connectivity index (χ1) is 10.5. The average molecular weight is 303 g/mol. The van der Waals surface area contributed by atoms with E-state index in [2.05, 4.69) is 10.3 Å². The van der Waals surface area contributed by atoms with Crippen molar-refractivity contribution in [2.24, 2.45) is 0 Å². The van der Waals surface area contributed by atoms with E-state index in [4.69, 9.17) is 0 Å². The Hall–Kier alpha value is -2.57. The van der Waals surface area contributed by atoms with Crippen LogP contribution in [0.5, 0.6) is 0 Å². The first-order valence-corrected chi connectivity index (χ1v) is 6.99. The number of imide groups is 1. The minimum atomic E-state index is -0.806. The molecule has 7 heteroatoms. The molecule has 0 bridgehead atoms. The largest absolute Gasteiger partial charge is 0.295 e. The van der Waals surface area contributed by atoms with Crippen molar-refractivity contribution < 1.29 is 14.0 Å². The van der Waals surface area contributed by atoms with E-state index in [0.717, 1.165) is 6.07 Å². The minimum absolute atomic E-state index is 0.119. The maximum absolute atomic E-state index is 13.4. The number of hydrogen-bond acceptors (Lipinski definition) is 4. The molecule has 114 valence electrons. The fourth-order valence-electron chi connectivity index (χ4n) is 2.77. The van der Waals surface area contributed by atoms with Crippen LogP contribution in [0.15, 0.2) is 23.0 Å². The Morgan fingerprint density at radius 3 is 2.86 bits per heavy atom. The van der Waals surface area contributed by atoms with E-state index in [-0.39, 0.29) is 17.7 Å². The van der Waals surface area contributed by atoms with Crippen molar-refractivity contribution in [3.63, 3.8) is 0 Å². The number of aryl methyl sites for hydroxylation is 1. The van der Waals surface area contributed by atoms with Crippen molar-refractivity contribution in [2.45, 2.75) is 32.2 Å². The Bertz CT molecular complexity index is 844. The van der Waals surface area contributed by atoms with Gasteiger partial charge in [0.2, 0.25) is 11.8 Å². The number of halogens is 1. The molecule has 2 aromatic rings. The number of rotatable bonds is 1. The van der Waals surface area contributed by atoms with Gasteiger partial charge < -0.3 is 0 Å². The summed E-state index contributed by atoms with van der Waals surface area (Å²) >= 11 is 0. The summed E-state index contributed by atoms with van der Waals surface area (Å²) < 4.78 is 14.6. The van der Waals surface area contributed by atoms with E-state index in [1.165, 1.54) is 16.7 Å². The highest BCUT2D eigenvalue weighted by molar-refractivity contribution is 5.97. The molecule has 1 fully saturated rings. The molecule has 2 heterocycles. The molecule has 1 saturated heterocycles. The zero-order chi connectivity index (χ0) is 15.9. The van der Waals surface area contributed by atoms with Crippen molar-refractivity contribution in [3.8, 4) is 0 Å². The fraction of sp³-hybridized carbons (Fsp3) is 0.333. The molecule has 3 rings (SSSR count). The van der Waals surface area contributed by atoms with Gasteiger partial charge in [0, 0.05) is 6.42 Å². The lowest BCUT2D eigenvalue weighted by Crippen LogP contribution is -2.39. The van der Waals surface area contributed by atoms with Crippen LogP contribution in [0.1, 0.15) is 31.1 Å². The van der Waals surface area contributed by atoms with Crippen LogP contribution >= 0.6 is 0 Å². The van der Waals surface area contributed by atoms with Gasteiger partial charge in [0.05, 0.1) is 10.9 Å². The second-order valence-corrected chi connectivity index (χ2v) is 5.32. The highest BCUT2D eigenvalue weighted by Gasteiger charge is 2.28. The Labute approximate surface area is 125 Å². The van der Waals surface area contributed by atoms with Gasteiger partial charge in [0.1, 0.15) is 17.7 Å². The first kappa shape index (κ1) is 14.4. The Balaban J connectivity index is 2.19. The molecule has 2 amide bonds. The molecule has 0 saturated carbocycles. The quantitative estimate of drug-likeness (QED) is 0.803. The SMILES string of the molecule is Cc1nc2ccc(F)cc2c(=O)n1C1CCCC(=O)NC1=O. The molecule has 6 nitrogen and oxygen atoms in total. The van der Waals surface area contributed by atoms with Gasteiger partial charge >= 0.3 is 0 Å². The van der Waals surface area contributed by atoms with Gasteiger partial charge in [-0.1, -0.05) is 0 Å². The van der Waals surface area contributed by atoms with Crippen LogP contribution in [0.2, 0.25) is 0 Å². The summed E-state index contributed by atoms with van der Waals surface area (Å²) in [6.45, 7) is 1.62. The van der Waals surface area contributed by atoms with Crippen molar-refractivity contribution in [1.82, 2.24) is 14.9 Å². The molecule has 22 heavy (non-hydrogen) atoms. The van der Waals surface area contributed by atoms with Gasteiger partial charge in [-0.05, 0) is 38.0 Å². The summed E-state index contributed by atoms with van der Waals surface area (Å²) in [7, 11) is 0. The summed E-state index contributed by atoms with van der Waals surface area (Å²) in [6.07, 6.45) is 1.10. The molecule has 0 aliphatic carbocycles. The number of aromatic nitrogens is 2. The second kappa shape index (κ2) is 5.32. The molecule has 1 unspecified atom stereocenters. The van der Waals surface area contributed by atoms with Gasteiger partial charge in [0.15, 0.2) is 0 Å². The molecule has 0 radical (unpaired) electrons. The van der Waals surface area contributed by atoms with Gasteiger partial charge in [-0.2, -0.15) is 0 Å². The predicted molar refractivity (Wildman–Crippen MR) is 76.7 cm³/mol. The minimum Gasteiger partial charge on any atom is -0.295 e. The van der Waals surface area contributed by atoms with E-state index in [9.17, 15) is 18.8 Å². The standard InChI is InChI=1S/C15H14FN3O3/c1-8-17-11-6-5-9(16)7-10(11)15(22)19(8)12-3-2-4-13(20)18-14(12)21/h5-7,12H,2-4H2,1H3,(H,18,20,21). The molecule has 1 aromatic carbocycles. The normalized spacial score (nSPS) is 19.1. The molecule has 1 aliphatic heterocycles. The predicted octanol–water partition coefficient (Wildman–Crippen LogP) is 1.21. The Morgan fingerprint density at radius 2 is 2.09 bits per heavy atom. The number of nitrogens with one attached hydrogen (secondary N) is 1. The molecule has 0 spiro atoms. The molecule has 1 atom stereocenters. The number of nitrogens with zero attached hydrogens (tertiary/aromatic N) is 2. The monoisotopic (exact) mass is 303 g/mol. The zero-order valence-corrected chi connectivity index (χ0v) is 11.9. The molecular weight excluding hydrogens is 289 g/mol. The lowest BCUT2D eigenvalue weighted by molar-refractivity contribution is -0.131. The average Bonchev–Trinajstić information content (AvgIpc) is 2.61. The van der Waals surface area contributed by atoms with Crippen molar-refractivity contribution in [1.29, 1.82) is 0 Å². The van der Waals surface area contributed by atoms with Crippen molar-refractivity contribution in [2.75, 3.05) is 0 Å². The van der Waals surface area contributed by atoms with Crippen LogP contribution in [0.4, 0.5) is 4.39 Å². The lowest BCUT2D eigenvalue weighted by atomic mass is 10.1. The highest BCUT2D eigenvalue weighted by Crippen LogP contribution is 2.20. The summed E-state index contributed by atoms with van der Waals surface area (Å²) in [5, 5.41) is 2.38. The van der Waals surface area contributed by atoms with Crippen LogP contribution in [-0.4, -0.2) is 21.4 Å². The van der Waals surface area contributed by atoms with Gasteiger partial charge in [-0.15, -0.1) is 0 Å². The van der Waals surface area contributed by atoms with Gasteiger partial charge in [0.25, 0.3) is 5.56 Å². The smallest absolute Gasteiger partial charge is 0.262 e. The zero-order valence-electron chi connectivity index (χ0n) is 11.9. The van der Waals surface area contributed by atoms with Crippen LogP contribution in [0.3, 0.4) is 0 Å². The molecule has 1 aliphatic rings. The van der Waals surface area contributed by atoms with Crippen LogP contribution < -0.4 is 10.9 Å². The summed E-state index contributed by atoms with van der Waals surface area (Å²) in [5.74, 6) is -1.05. The molecule has 1 aromatic heterocycles. The third kappa shape index (κ3) is 2.38. The first-order valence-electron chi connectivity index (χ1n) is 6.99. The lowest BCUT2D eigenvalue weighted by Gasteiger charge is -2.18. The summed E-state index contributed by atoms with van der Waals surface area (Å²) in [5.41, 5.74) is -0.0956. The van der Waals surface area contributed by atoms with Crippen LogP contribution in [-0.2, 0) is 9.59 Å². The van der Waals surface area contributed by atoms with Gasteiger partial charge in [-0.3, -0.25) is 24.3 Å². The number of carbonyl (C=O) groups is 2. The fourth-order valence-corrected chi connectivity index (χ4v) is 2.77. The van der Waals surface area contributed by atoms with E-state index in [0.29, 0.717) is 24.2 Å². The second-order valence-electron chi connectivity index (χ2n) is 5.32. The maximum atomic E-state index is 13.4. The number of fused-ring (bicyclic) bond motifs is 1. The summed E-state index contributed by atoms with van der Waals surface area (Å²) in [4.78, 5) is 40.5. The number of amides is 2.